The Kier molecular flexibility index (Phi) is 1.67. The molecule has 0 spiro atoms. The maximum absolute atomic E-state index is 4.77. The molecule has 0 aliphatic rings. The van der Waals surface area contributed by atoms with Crippen molar-refractivity contribution in [1.29, 1.82) is 0 Å². The molecule has 0 N–H and O–H groups in total. The van der Waals surface area contributed by atoms with E-state index in [1.807, 2.05) is 12.1 Å². The highest BCUT2D eigenvalue weighted by molar-refractivity contribution is 5.64. The lowest BCUT2D eigenvalue weighted by atomic mass is 10.0. The number of hydrogen-bond donors (Lipinski definition) is 0. The predicted molar refractivity (Wildman–Crippen MR) is 46.7 cm³/mol. The lowest BCUT2D eigenvalue weighted by molar-refractivity contribution is 0.420. The van der Waals surface area contributed by atoms with Crippen LogP contribution in [-0.4, -0.2) is 5.16 Å². The van der Waals surface area contributed by atoms with Crippen LogP contribution < -0.4 is 0 Å². The van der Waals surface area contributed by atoms with Gasteiger partial charge < -0.3 is 4.52 Å². The maximum Gasteiger partial charge on any atom is 0.131 e. The van der Waals surface area contributed by atoms with Crippen LogP contribution in [0.4, 0.5) is 0 Å². The van der Waals surface area contributed by atoms with Crippen molar-refractivity contribution in [3.63, 3.8) is 0 Å². The third kappa shape index (κ3) is 1.11. The van der Waals surface area contributed by atoms with E-state index in [2.05, 4.69) is 24.2 Å². The lowest BCUT2D eigenvalue weighted by Crippen LogP contribution is -1.78. The second-order valence-corrected chi connectivity index (χ2v) is 2.73. The molecule has 0 saturated carbocycles. The molecule has 1 heterocycles. The van der Waals surface area contributed by atoms with Crippen molar-refractivity contribution >= 4 is 0 Å². The molecule has 2 rings (SSSR count). The van der Waals surface area contributed by atoms with Gasteiger partial charge in [-0.1, -0.05) is 29.4 Å². The Balaban J connectivity index is 2.55. The Bertz CT molecular complexity index is 365. The van der Waals surface area contributed by atoms with Gasteiger partial charge in [-0.3, -0.25) is 0 Å². The van der Waals surface area contributed by atoms with Crippen LogP contribution in [0.3, 0.4) is 0 Å². The average Bonchev–Trinajstić information content (AvgIpc) is 2.57. The highest BCUT2D eigenvalue weighted by atomic mass is 16.5. The van der Waals surface area contributed by atoms with Gasteiger partial charge in [0.25, 0.3) is 0 Å². The van der Waals surface area contributed by atoms with Gasteiger partial charge in [0.1, 0.15) is 6.26 Å². The molecule has 0 aliphatic carbocycles. The lowest BCUT2D eigenvalue weighted by Gasteiger charge is -1.99. The van der Waals surface area contributed by atoms with E-state index < -0.39 is 0 Å². The summed E-state index contributed by atoms with van der Waals surface area (Å²) in [7, 11) is 0. The topological polar surface area (TPSA) is 26.0 Å². The number of aromatic nitrogens is 1. The standard InChI is InChI=1S/C10H9NO/c1-8-4-2-3-5-10(8)9-6-11-12-7-9/h2-7H,1H3. The van der Waals surface area contributed by atoms with Crippen molar-refractivity contribution in [1.82, 2.24) is 5.16 Å². The van der Waals surface area contributed by atoms with Gasteiger partial charge >= 0.3 is 0 Å². The van der Waals surface area contributed by atoms with Crippen molar-refractivity contribution in [3.8, 4) is 11.1 Å². The summed E-state index contributed by atoms with van der Waals surface area (Å²) in [4.78, 5) is 0. The Morgan fingerprint density at radius 1 is 1.25 bits per heavy atom. The summed E-state index contributed by atoms with van der Waals surface area (Å²) in [5, 5.41) is 3.66. The van der Waals surface area contributed by atoms with Gasteiger partial charge in [0.05, 0.1) is 6.20 Å². The summed E-state index contributed by atoms with van der Waals surface area (Å²) >= 11 is 0. The van der Waals surface area contributed by atoms with E-state index in [1.54, 1.807) is 12.5 Å². The van der Waals surface area contributed by atoms with Gasteiger partial charge in [-0.05, 0) is 18.1 Å². The number of hydrogen-bond acceptors (Lipinski definition) is 2. The third-order valence-corrected chi connectivity index (χ3v) is 1.89. The molecule has 1 aromatic carbocycles. The molecule has 0 atom stereocenters. The van der Waals surface area contributed by atoms with Crippen LogP contribution in [-0.2, 0) is 0 Å². The van der Waals surface area contributed by atoms with Crippen LogP contribution in [0.5, 0.6) is 0 Å². The molecule has 0 saturated heterocycles. The van der Waals surface area contributed by atoms with Crippen LogP contribution in [0.1, 0.15) is 5.56 Å². The number of aryl methyl sites for hydroxylation is 1. The summed E-state index contributed by atoms with van der Waals surface area (Å²) in [6.45, 7) is 2.07. The first kappa shape index (κ1) is 7.10. The van der Waals surface area contributed by atoms with E-state index in [9.17, 15) is 0 Å². The summed E-state index contributed by atoms with van der Waals surface area (Å²) in [6.07, 6.45) is 3.38. The minimum Gasteiger partial charge on any atom is -0.364 e. The Labute approximate surface area is 70.8 Å². The van der Waals surface area contributed by atoms with Gasteiger partial charge in [-0.2, -0.15) is 0 Å². The van der Waals surface area contributed by atoms with Gasteiger partial charge in [0.2, 0.25) is 0 Å². The van der Waals surface area contributed by atoms with Gasteiger partial charge in [0.15, 0.2) is 0 Å². The third-order valence-electron chi connectivity index (χ3n) is 1.89. The maximum atomic E-state index is 4.77. The van der Waals surface area contributed by atoms with Crippen LogP contribution >= 0.6 is 0 Å². The fourth-order valence-corrected chi connectivity index (χ4v) is 1.23. The molecule has 0 bridgehead atoms. The van der Waals surface area contributed by atoms with E-state index in [0.717, 1.165) is 5.56 Å². The zero-order valence-corrected chi connectivity index (χ0v) is 6.82. The molecule has 2 heteroatoms. The first-order chi connectivity index (χ1) is 5.88. The Morgan fingerprint density at radius 2 is 2.08 bits per heavy atom. The first-order valence-electron chi connectivity index (χ1n) is 3.83. The SMILES string of the molecule is Cc1ccccc1-c1cnoc1. The predicted octanol–water partition coefficient (Wildman–Crippen LogP) is 2.65. The molecule has 0 amide bonds. The summed E-state index contributed by atoms with van der Waals surface area (Å²) in [5.74, 6) is 0. The monoisotopic (exact) mass is 159 g/mol. The molecule has 1 aromatic heterocycles. The van der Waals surface area contributed by atoms with Crippen molar-refractivity contribution in [2.24, 2.45) is 0 Å². The fourth-order valence-electron chi connectivity index (χ4n) is 1.23. The highest BCUT2D eigenvalue weighted by Crippen LogP contribution is 2.21. The minimum atomic E-state index is 1.04. The van der Waals surface area contributed by atoms with E-state index in [-0.39, 0.29) is 0 Å². The summed E-state index contributed by atoms with van der Waals surface area (Å²) in [5.41, 5.74) is 3.45. The number of rotatable bonds is 1. The molecule has 0 radical (unpaired) electrons. The quantitative estimate of drug-likeness (QED) is 0.639. The van der Waals surface area contributed by atoms with Gasteiger partial charge in [0, 0.05) is 5.56 Å². The Morgan fingerprint density at radius 3 is 2.75 bits per heavy atom. The van der Waals surface area contributed by atoms with E-state index in [4.69, 9.17) is 4.52 Å². The molecule has 0 unspecified atom stereocenters. The van der Waals surface area contributed by atoms with Crippen molar-refractivity contribution < 1.29 is 4.52 Å². The second-order valence-electron chi connectivity index (χ2n) is 2.73. The zero-order chi connectivity index (χ0) is 8.39. The van der Waals surface area contributed by atoms with Gasteiger partial charge in [-0.25, -0.2) is 0 Å². The molecule has 60 valence electrons. The summed E-state index contributed by atoms with van der Waals surface area (Å²) < 4.78 is 4.77. The molecule has 0 fully saturated rings. The van der Waals surface area contributed by atoms with Crippen molar-refractivity contribution in [3.05, 3.63) is 42.3 Å². The zero-order valence-electron chi connectivity index (χ0n) is 6.82. The smallest absolute Gasteiger partial charge is 0.131 e. The van der Waals surface area contributed by atoms with Crippen LogP contribution in [0, 0.1) is 6.92 Å². The minimum absolute atomic E-state index is 1.04. The van der Waals surface area contributed by atoms with Crippen LogP contribution in [0.15, 0.2) is 41.2 Å². The number of nitrogens with zero attached hydrogens (tertiary/aromatic N) is 1. The summed E-state index contributed by atoms with van der Waals surface area (Å²) in [6, 6.07) is 8.16. The van der Waals surface area contributed by atoms with Crippen molar-refractivity contribution in [2.75, 3.05) is 0 Å². The molecule has 0 aliphatic heterocycles. The Hall–Kier alpha value is -1.57. The van der Waals surface area contributed by atoms with Crippen LogP contribution in [0.2, 0.25) is 0 Å². The first-order valence-corrected chi connectivity index (χ1v) is 3.83. The second kappa shape index (κ2) is 2.81. The largest absolute Gasteiger partial charge is 0.364 e. The van der Waals surface area contributed by atoms with Crippen LogP contribution in [0.25, 0.3) is 11.1 Å². The van der Waals surface area contributed by atoms with E-state index in [1.165, 1.54) is 11.1 Å². The molecular formula is C10H9NO. The average molecular weight is 159 g/mol. The molecular weight excluding hydrogens is 150 g/mol. The van der Waals surface area contributed by atoms with E-state index >= 15 is 0 Å². The molecule has 2 nitrogen and oxygen atoms in total. The van der Waals surface area contributed by atoms with E-state index in [0.29, 0.717) is 0 Å². The normalized spacial score (nSPS) is 10.1. The molecule has 12 heavy (non-hydrogen) atoms. The molecule has 2 aromatic rings. The van der Waals surface area contributed by atoms with Gasteiger partial charge in [-0.15, -0.1) is 0 Å². The van der Waals surface area contributed by atoms with Crippen molar-refractivity contribution in [2.45, 2.75) is 6.92 Å². The highest BCUT2D eigenvalue weighted by Gasteiger charge is 2.01. The number of benzene rings is 1. The fraction of sp³-hybridized carbons (Fsp3) is 0.100.